The van der Waals surface area contributed by atoms with Gasteiger partial charge in [0.05, 0.1) is 16.6 Å². The van der Waals surface area contributed by atoms with Gasteiger partial charge < -0.3 is 9.73 Å². The first kappa shape index (κ1) is 18.4. The number of rotatable bonds is 5. The molecule has 0 aliphatic heterocycles. The summed E-state index contributed by atoms with van der Waals surface area (Å²) in [4.78, 5) is 13.1. The standard InChI is InChI=1S/C19H22BrNO3S/c1-13-2-6-15(7-3-13)21-19(22)18-11-8-16(24-18)12-25(23)17-9-4-14(20)5-10-17/h4-5,8-11,13,15H,2-3,6-7,12H2,1H3,(H,21,22). The zero-order valence-corrected chi connectivity index (χ0v) is 16.6. The molecule has 4 nitrogen and oxygen atoms in total. The Bertz CT molecular complexity index is 748. The van der Waals surface area contributed by atoms with Crippen LogP contribution in [-0.4, -0.2) is 16.2 Å². The highest BCUT2D eigenvalue weighted by molar-refractivity contribution is 9.10. The first-order chi connectivity index (χ1) is 12.0. The number of carbonyl (C=O) groups excluding carboxylic acids is 1. The highest BCUT2D eigenvalue weighted by Gasteiger charge is 2.22. The topological polar surface area (TPSA) is 59.3 Å². The molecule has 1 atom stereocenters. The van der Waals surface area contributed by atoms with Crippen LogP contribution in [0.3, 0.4) is 0 Å². The summed E-state index contributed by atoms with van der Waals surface area (Å²) in [6.07, 6.45) is 4.35. The van der Waals surface area contributed by atoms with Crippen molar-refractivity contribution in [2.75, 3.05) is 0 Å². The summed E-state index contributed by atoms with van der Waals surface area (Å²) in [7, 11) is -1.20. The van der Waals surface area contributed by atoms with Crippen LogP contribution in [0, 0.1) is 5.92 Å². The Hall–Kier alpha value is -1.40. The van der Waals surface area contributed by atoms with Crippen molar-refractivity contribution in [3.8, 4) is 0 Å². The molecule has 2 aromatic rings. The van der Waals surface area contributed by atoms with Crippen molar-refractivity contribution in [1.29, 1.82) is 0 Å². The maximum Gasteiger partial charge on any atom is 0.287 e. The molecule has 1 aromatic heterocycles. The summed E-state index contributed by atoms with van der Waals surface area (Å²) in [5.74, 6) is 1.68. The van der Waals surface area contributed by atoms with Gasteiger partial charge in [-0.2, -0.15) is 0 Å². The van der Waals surface area contributed by atoms with Gasteiger partial charge in [0.2, 0.25) is 0 Å². The van der Waals surface area contributed by atoms with Gasteiger partial charge in [-0.3, -0.25) is 9.00 Å². The average molecular weight is 424 g/mol. The summed E-state index contributed by atoms with van der Waals surface area (Å²) >= 11 is 3.36. The van der Waals surface area contributed by atoms with Gasteiger partial charge in [-0.1, -0.05) is 22.9 Å². The SMILES string of the molecule is CC1CCC(NC(=O)c2ccc(CS(=O)c3ccc(Br)cc3)o2)CC1. The highest BCUT2D eigenvalue weighted by Crippen LogP contribution is 2.24. The van der Waals surface area contributed by atoms with Crippen molar-refractivity contribution < 1.29 is 13.4 Å². The number of benzene rings is 1. The Morgan fingerprint density at radius 1 is 1.16 bits per heavy atom. The van der Waals surface area contributed by atoms with Crippen LogP contribution in [0.1, 0.15) is 48.9 Å². The molecule has 6 heteroatoms. The third-order valence-electron chi connectivity index (χ3n) is 4.59. The molecular formula is C19H22BrNO3S. The van der Waals surface area contributed by atoms with E-state index in [1.807, 2.05) is 24.3 Å². The molecule has 1 aliphatic rings. The molecule has 0 saturated heterocycles. The van der Waals surface area contributed by atoms with Gasteiger partial charge in [-0.05, 0) is 68.0 Å². The lowest BCUT2D eigenvalue weighted by Gasteiger charge is -2.26. The molecule has 1 aliphatic carbocycles. The monoisotopic (exact) mass is 423 g/mol. The minimum Gasteiger partial charge on any atom is -0.455 e. The molecule has 1 saturated carbocycles. The first-order valence-corrected chi connectivity index (χ1v) is 10.7. The lowest BCUT2D eigenvalue weighted by atomic mass is 9.87. The average Bonchev–Trinajstić information content (AvgIpc) is 3.06. The molecule has 1 amide bonds. The number of halogens is 1. The molecule has 1 fully saturated rings. The van der Waals surface area contributed by atoms with E-state index in [4.69, 9.17) is 4.42 Å². The predicted octanol–water partition coefficient (Wildman–Crippen LogP) is 4.66. The number of carbonyl (C=O) groups is 1. The Morgan fingerprint density at radius 3 is 2.52 bits per heavy atom. The van der Waals surface area contributed by atoms with Crippen molar-refractivity contribution in [3.05, 3.63) is 52.4 Å². The summed E-state index contributed by atoms with van der Waals surface area (Å²) in [6, 6.07) is 11.0. The summed E-state index contributed by atoms with van der Waals surface area (Å²) in [5, 5.41) is 3.05. The smallest absolute Gasteiger partial charge is 0.287 e. The van der Waals surface area contributed by atoms with Gasteiger partial charge in [0.1, 0.15) is 5.76 Å². The zero-order chi connectivity index (χ0) is 17.8. The van der Waals surface area contributed by atoms with Crippen LogP contribution in [-0.2, 0) is 16.6 Å². The molecule has 1 aromatic carbocycles. The lowest BCUT2D eigenvalue weighted by molar-refractivity contribution is 0.0893. The van der Waals surface area contributed by atoms with Crippen molar-refractivity contribution in [3.63, 3.8) is 0 Å². The number of hydrogen-bond donors (Lipinski definition) is 1. The fraction of sp³-hybridized carbons (Fsp3) is 0.421. The summed E-state index contributed by atoms with van der Waals surface area (Å²) in [5.41, 5.74) is 0. The first-order valence-electron chi connectivity index (χ1n) is 8.55. The van der Waals surface area contributed by atoms with Gasteiger partial charge in [0, 0.05) is 15.4 Å². The lowest BCUT2D eigenvalue weighted by Crippen LogP contribution is -2.37. The van der Waals surface area contributed by atoms with E-state index in [0.717, 1.165) is 41.0 Å². The van der Waals surface area contributed by atoms with E-state index in [1.165, 1.54) is 0 Å². The molecule has 3 rings (SSSR count). The highest BCUT2D eigenvalue weighted by atomic mass is 79.9. The van der Waals surface area contributed by atoms with Crippen molar-refractivity contribution in [1.82, 2.24) is 5.32 Å². The normalized spacial score (nSPS) is 21.7. The molecule has 25 heavy (non-hydrogen) atoms. The Balaban J connectivity index is 1.57. The van der Waals surface area contributed by atoms with Crippen LogP contribution in [0.25, 0.3) is 0 Å². The van der Waals surface area contributed by atoms with Crippen LogP contribution < -0.4 is 5.32 Å². The van der Waals surface area contributed by atoms with Gasteiger partial charge in [-0.15, -0.1) is 0 Å². The van der Waals surface area contributed by atoms with E-state index in [-0.39, 0.29) is 17.7 Å². The van der Waals surface area contributed by atoms with Crippen molar-refractivity contribution >= 4 is 32.6 Å². The molecule has 0 radical (unpaired) electrons. The van der Waals surface area contributed by atoms with Crippen molar-refractivity contribution in [2.45, 2.75) is 49.3 Å². The fourth-order valence-corrected chi connectivity index (χ4v) is 4.32. The van der Waals surface area contributed by atoms with E-state index in [2.05, 4.69) is 28.2 Å². The Kier molecular flexibility index (Phi) is 6.12. The quantitative estimate of drug-likeness (QED) is 0.760. The summed E-state index contributed by atoms with van der Waals surface area (Å²) < 4.78 is 18.9. The second kappa shape index (κ2) is 8.32. The second-order valence-electron chi connectivity index (χ2n) is 6.64. The van der Waals surface area contributed by atoms with E-state index in [1.54, 1.807) is 12.1 Å². The van der Waals surface area contributed by atoms with Crippen LogP contribution in [0.4, 0.5) is 0 Å². The second-order valence-corrected chi connectivity index (χ2v) is 9.01. The number of nitrogens with one attached hydrogen (secondary N) is 1. The van der Waals surface area contributed by atoms with Crippen LogP contribution in [0.2, 0.25) is 0 Å². The molecule has 0 bridgehead atoms. The minimum atomic E-state index is -1.20. The number of hydrogen-bond acceptors (Lipinski definition) is 3. The van der Waals surface area contributed by atoms with E-state index in [0.29, 0.717) is 11.5 Å². The molecule has 1 N–H and O–H groups in total. The Labute approximate surface area is 159 Å². The van der Waals surface area contributed by atoms with Gasteiger partial charge in [0.25, 0.3) is 5.91 Å². The van der Waals surface area contributed by atoms with Crippen LogP contribution in [0.5, 0.6) is 0 Å². The largest absolute Gasteiger partial charge is 0.455 e. The van der Waals surface area contributed by atoms with Crippen LogP contribution >= 0.6 is 15.9 Å². The maximum atomic E-state index is 12.4. The van der Waals surface area contributed by atoms with E-state index < -0.39 is 10.8 Å². The number of furan rings is 1. The van der Waals surface area contributed by atoms with Gasteiger partial charge in [0.15, 0.2) is 5.76 Å². The van der Waals surface area contributed by atoms with Gasteiger partial charge in [-0.25, -0.2) is 0 Å². The predicted molar refractivity (Wildman–Crippen MR) is 102 cm³/mol. The maximum absolute atomic E-state index is 12.4. The fourth-order valence-electron chi connectivity index (χ4n) is 3.04. The zero-order valence-electron chi connectivity index (χ0n) is 14.2. The molecule has 0 spiro atoms. The van der Waals surface area contributed by atoms with E-state index in [9.17, 15) is 9.00 Å². The Morgan fingerprint density at radius 2 is 1.84 bits per heavy atom. The summed E-state index contributed by atoms with van der Waals surface area (Å²) in [6.45, 7) is 2.25. The molecule has 1 heterocycles. The molecular weight excluding hydrogens is 402 g/mol. The third-order valence-corrected chi connectivity index (χ3v) is 6.46. The molecule has 134 valence electrons. The van der Waals surface area contributed by atoms with E-state index >= 15 is 0 Å². The van der Waals surface area contributed by atoms with Crippen molar-refractivity contribution in [2.24, 2.45) is 5.92 Å². The third kappa shape index (κ3) is 5.05. The van der Waals surface area contributed by atoms with Crippen LogP contribution in [0.15, 0.2) is 50.2 Å². The number of amides is 1. The molecule has 1 unspecified atom stereocenters. The minimum absolute atomic E-state index is 0.180. The van der Waals surface area contributed by atoms with Gasteiger partial charge >= 0.3 is 0 Å².